The highest BCUT2D eigenvalue weighted by atomic mass is 16.4. The van der Waals surface area contributed by atoms with Gasteiger partial charge in [0.25, 0.3) is 0 Å². The minimum absolute atomic E-state index is 0.221. The van der Waals surface area contributed by atoms with Gasteiger partial charge in [-0.15, -0.1) is 0 Å². The summed E-state index contributed by atoms with van der Waals surface area (Å²) in [6.45, 7) is 4.08. The summed E-state index contributed by atoms with van der Waals surface area (Å²) in [5.74, 6) is -4.35. The summed E-state index contributed by atoms with van der Waals surface area (Å²) >= 11 is 0. The fourth-order valence-electron chi connectivity index (χ4n) is 3.15. The number of unbranched alkanes of at least 4 members (excludes halogenated alkanes) is 2. The second-order valence-corrected chi connectivity index (χ2v) is 8.54. The number of hydrogen-bond donors (Lipinski definition) is 8. The first-order chi connectivity index (χ1) is 15.9. The molecule has 0 aliphatic heterocycles. The highest BCUT2D eigenvalue weighted by Crippen LogP contribution is 2.08. The van der Waals surface area contributed by atoms with E-state index in [0.29, 0.717) is 38.8 Å². The van der Waals surface area contributed by atoms with Gasteiger partial charge in [-0.05, 0) is 57.5 Å². The zero-order valence-corrected chi connectivity index (χ0v) is 20.0. The van der Waals surface area contributed by atoms with Gasteiger partial charge in [-0.25, -0.2) is 4.79 Å². The van der Waals surface area contributed by atoms with Crippen LogP contribution in [0.1, 0.15) is 58.8 Å². The molecule has 13 nitrogen and oxygen atoms in total. The number of amides is 4. The third kappa shape index (κ3) is 12.5. The Hall–Kier alpha value is -2.77. The van der Waals surface area contributed by atoms with Crippen LogP contribution in [0.15, 0.2) is 0 Å². The van der Waals surface area contributed by atoms with E-state index in [1.54, 1.807) is 13.8 Å². The van der Waals surface area contributed by atoms with Crippen molar-refractivity contribution in [3.05, 3.63) is 0 Å². The smallest absolute Gasteiger partial charge is 0.326 e. The van der Waals surface area contributed by atoms with E-state index in [4.69, 9.17) is 22.9 Å². The van der Waals surface area contributed by atoms with Crippen LogP contribution in [-0.2, 0) is 24.0 Å². The highest BCUT2D eigenvalue weighted by molar-refractivity contribution is 5.95. The van der Waals surface area contributed by atoms with Gasteiger partial charge in [0.15, 0.2) is 0 Å². The Labute approximate surface area is 200 Å². The van der Waals surface area contributed by atoms with E-state index < -0.39 is 60.2 Å². The number of carboxylic acid groups (broad SMARTS) is 1. The molecule has 0 aliphatic rings. The molecule has 0 radical (unpaired) electrons. The van der Waals surface area contributed by atoms with Gasteiger partial charge in [-0.2, -0.15) is 0 Å². The lowest BCUT2D eigenvalue weighted by atomic mass is 10.0. The monoisotopic (exact) mass is 487 g/mol. The number of carbonyl (C=O) groups is 5. The zero-order chi connectivity index (χ0) is 26.3. The van der Waals surface area contributed by atoms with Crippen molar-refractivity contribution in [1.29, 1.82) is 0 Å². The first-order valence-electron chi connectivity index (χ1n) is 11.5. The van der Waals surface area contributed by atoms with Gasteiger partial charge in [-0.1, -0.05) is 13.8 Å². The minimum atomic E-state index is -1.23. The lowest BCUT2D eigenvalue weighted by Crippen LogP contribution is -2.57. The van der Waals surface area contributed by atoms with Crippen LogP contribution in [0.4, 0.5) is 0 Å². The Kier molecular flexibility index (Phi) is 15.4. The van der Waals surface area contributed by atoms with E-state index >= 15 is 0 Å². The normalized spacial score (nSPS) is 14.5. The average Bonchev–Trinajstić information content (AvgIpc) is 2.74. The van der Waals surface area contributed by atoms with Crippen LogP contribution in [0.5, 0.6) is 0 Å². The largest absolute Gasteiger partial charge is 0.480 e. The van der Waals surface area contributed by atoms with Crippen molar-refractivity contribution >= 4 is 29.6 Å². The first-order valence-corrected chi connectivity index (χ1v) is 11.5. The SMILES string of the molecule is CC(C)C(NC(=O)C(CCCCN)NC(=O)C(CCCCN)NC(=O)C(N)CC(N)=O)C(=O)O. The maximum absolute atomic E-state index is 13.0. The topological polar surface area (TPSA) is 246 Å². The predicted octanol–water partition coefficient (Wildman–Crippen LogP) is -2.36. The van der Waals surface area contributed by atoms with Gasteiger partial charge in [0.05, 0.1) is 12.5 Å². The molecule has 0 fully saturated rings. The van der Waals surface area contributed by atoms with Crippen LogP contribution in [0, 0.1) is 5.92 Å². The van der Waals surface area contributed by atoms with E-state index in [0.717, 1.165) is 0 Å². The summed E-state index contributed by atoms with van der Waals surface area (Å²) in [5.41, 5.74) is 21.8. The van der Waals surface area contributed by atoms with Gasteiger partial charge in [0, 0.05) is 0 Å². The van der Waals surface area contributed by atoms with E-state index in [1.165, 1.54) is 0 Å². The third-order valence-corrected chi connectivity index (χ3v) is 5.15. The van der Waals surface area contributed by atoms with Crippen molar-refractivity contribution in [3.63, 3.8) is 0 Å². The number of hydrogen-bond acceptors (Lipinski definition) is 8. The second-order valence-electron chi connectivity index (χ2n) is 8.54. The molecule has 0 aromatic rings. The Morgan fingerprint density at radius 1 is 0.765 bits per heavy atom. The van der Waals surface area contributed by atoms with Crippen LogP contribution < -0.4 is 38.9 Å². The van der Waals surface area contributed by atoms with E-state index in [-0.39, 0.29) is 18.8 Å². The van der Waals surface area contributed by atoms with Crippen LogP contribution in [0.3, 0.4) is 0 Å². The summed E-state index contributed by atoms with van der Waals surface area (Å²) in [6.07, 6.45) is 2.29. The molecule has 196 valence electrons. The minimum Gasteiger partial charge on any atom is -0.480 e. The van der Waals surface area contributed by atoms with Crippen molar-refractivity contribution in [1.82, 2.24) is 16.0 Å². The van der Waals surface area contributed by atoms with Crippen LogP contribution in [-0.4, -0.2) is 72.0 Å². The van der Waals surface area contributed by atoms with Crippen molar-refractivity contribution in [3.8, 4) is 0 Å². The molecule has 0 heterocycles. The lowest BCUT2D eigenvalue weighted by Gasteiger charge is -2.26. The number of carboxylic acids is 1. The number of rotatable bonds is 18. The maximum atomic E-state index is 13.0. The first kappa shape index (κ1) is 31.2. The Balaban J connectivity index is 5.51. The molecule has 4 unspecified atom stereocenters. The second kappa shape index (κ2) is 16.8. The highest BCUT2D eigenvalue weighted by Gasteiger charge is 2.31. The molecule has 0 saturated carbocycles. The van der Waals surface area contributed by atoms with Gasteiger partial charge >= 0.3 is 5.97 Å². The Morgan fingerprint density at radius 2 is 1.21 bits per heavy atom. The van der Waals surface area contributed by atoms with Crippen molar-refractivity contribution < 1.29 is 29.1 Å². The van der Waals surface area contributed by atoms with Gasteiger partial charge in [-0.3, -0.25) is 19.2 Å². The fourth-order valence-corrected chi connectivity index (χ4v) is 3.15. The van der Waals surface area contributed by atoms with Gasteiger partial charge in [0.1, 0.15) is 18.1 Å². The average molecular weight is 488 g/mol. The summed E-state index contributed by atoms with van der Waals surface area (Å²) in [4.78, 5) is 60.7. The molecule has 0 bridgehead atoms. The van der Waals surface area contributed by atoms with Crippen LogP contribution >= 0.6 is 0 Å². The molecular weight excluding hydrogens is 446 g/mol. The van der Waals surface area contributed by atoms with Crippen LogP contribution in [0.25, 0.3) is 0 Å². The van der Waals surface area contributed by atoms with E-state index in [2.05, 4.69) is 16.0 Å². The third-order valence-electron chi connectivity index (χ3n) is 5.15. The van der Waals surface area contributed by atoms with Crippen LogP contribution in [0.2, 0.25) is 0 Å². The Morgan fingerprint density at radius 3 is 1.59 bits per heavy atom. The predicted molar refractivity (Wildman–Crippen MR) is 126 cm³/mol. The molecule has 0 spiro atoms. The molecule has 0 saturated heterocycles. The molecule has 12 N–H and O–H groups in total. The summed E-state index contributed by atoms with van der Waals surface area (Å²) < 4.78 is 0. The molecule has 4 amide bonds. The van der Waals surface area contributed by atoms with E-state index in [1.807, 2.05) is 0 Å². The summed E-state index contributed by atoms with van der Waals surface area (Å²) in [5, 5.41) is 16.9. The Bertz CT molecular complexity index is 689. The maximum Gasteiger partial charge on any atom is 0.326 e. The van der Waals surface area contributed by atoms with E-state index in [9.17, 15) is 29.1 Å². The number of primary amides is 1. The fraction of sp³-hybridized carbons (Fsp3) is 0.762. The lowest BCUT2D eigenvalue weighted by molar-refractivity contribution is -0.143. The molecule has 0 aliphatic carbocycles. The summed E-state index contributed by atoms with van der Waals surface area (Å²) in [6, 6.07) is -4.43. The van der Waals surface area contributed by atoms with Gasteiger partial charge in [0.2, 0.25) is 23.6 Å². The number of carbonyl (C=O) groups excluding carboxylic acids is 4. The molecule has 13 heteroatoms. The standard InChI is InChI=1S/C21H41N7O6/c1-12(2)17(21(33)34)28-20(32)15(8-4-6-10-23)27-19(31)14(7-3-5-9-22)26-18(30)13(24)11-16(25)29/h12-15,17H,3-11,22-24H2,1-2H3,(H2,25,29)(H,26,30)(H,27,31)(H,28,32)(H,33,34). The molecule has 34 heavy (non-hydrogen) atoms. The van der Waals surface area contributed by atoms with Crippen molar-refractivity contribution in [2.45, 2.75) is 83.0 Å². The molecule has 0 rings (SSSR count). The number of aliphatic carboxylic acids is 1. The molecule has 4 atom stereocenters. The number of nitrogens with one attached hydrogen (secondary N) is 3. The van der Waals surface area contributed by atoms with Crippen molar-refractivity contribution in [2.24, 2.45) is 28.9 Å². The van der Waals surface area contributed by atoms with Crippen molar-refractivity contribution in [2.75, 3.05) is 13.1 Å². The number of nitrogens with two attached hydrogens (primary N) is 4. The zero-order valence-electron chi connectivity index (χ0n) is 20.0. The van der Waals surface area contributed by atoms with Gasteiger partial charge < -0.3 is 44.0 Å². The molecular formula is C21H41N7O6. The summed E-state index contributed by atoms with van der Waals surface area (Å²) in [7, 11) is 0. The quantitative estimate of drug-likeness (QED) is 0.0962. The molecule has 0 aromatic heterocycles. The molecule has 0 aromatic carbocycles.